The second-order valence-electron chi connectivity index (χ2n) is 3.63. The van der Waals surface area contributed by atoms with Gasteiger partial charge >= 0.3 is 5.97 Å². The number of halogens is 1. The molecule has 72 valence electrons. The molecular weight excluding hydrogens is 175 g/mol. The molecule has 0 aromatic carbocycles. The predicted octanol–water partition coefficient (Wildman–Crippen LogP) is 0.579. The Balaban J connectivity index is 2.36. The summed E-state index contributed by atoms with van der Waals surface area (Å²) in [6.07, 6.45) is 0.494. The molecule has 2 aliphatic rings. The van der Waals surface area contributed by atoms with E-state index in [9.17, 15) is 14.3 Å². The summed E-state index contributed by atoms with van der Waals surface area (Å²) in [5.74, 6) is -1.12. The number of ether oxygens (including phenoxy) is 1. The molecule has 1 aliphatic carbocycles. The zero-order valence-electron chi connectivity index (χ0n) is 7.12. The highest BCUT2D eigenvalue weighted by atomic mass is 19.1. The number of carbonyl (C=O) groups excluding carboxylic acids is 1. The number of hydrogen-bond donors (Lipinski definition) is 1. The fourth-order valence-electron chi connectivity index (χ4n) is 2.20. The summed E-state index contributed by atoms with van der Waals surface area (Å²) in [6, 6.07) is 0. The molecule has 0 bridgehead atoms. The van der Waals surface area contributed by atoms with Crippen LogP contribution in [0.3, 0.4) is 0 Å². The van der Waals surface area contributed by atoms with Crippen molar-refractivity contribution in [3.63, 3.8) is 0 Å². The van der Waals surface area contributed by atoms with Crippen molar-refractivity contribution in [1.29, 1.82) is 0 Å². The van der Waals surface area contributed by atoms with Gasteiger partial charge in [0.2, 0.25) is 0 Å². The maximum Gasteiger partial charge on any atom is 0.336 e. The minimum Gasteiger partial charge on any atom is -0.455 e. The van der Waals surface area contributed by atoms with Gasteiger partial charge in [0.05, 0.1) is 12.2 Å². The first kappa shape index (κ1) is 8.69. The van der Waals surface area contributed by atoms with Crippen LogP contribution in [0.15, 0.2) is 12.2 Å². The molecule has 1 saturated carbocycles. The Morgan fingerprint density at radius 1 is 1.69 bits per heavy atom. The third-order valence-electron chi connectivity index (χ3n) is 3.06. The van der Waals surface area contributed by atoms with E-state index in [0.717, 1.165) is 0 Å². The molecule has 0 unspecified atom stereocenters. The lowest BCUT2D eigenvalue weighted by Crippen LogP contribution is -2.41. The molecule has 0 aromatic heterocycles. The number of alkyl halides is 1. The number of carbonyl (C=O) groups is 1. The summed E-state index contributed by atoms with van der Waals surface area (Å²) in [5.41, 5.74) is -1.43. The maximum atomic E-state index is 12.5. The zero-order valence-corrected chi connectivity index (χ0v) is 7.12. The SMILES string of the molecule is C=C1C(=O)O[C@@H]2CC[C@H](CF)[C@]12O. The molecule has 0 amide bonds. The van der Waals surface area contributed by atoms with Crippen molar-refractivity contribution in [3.05, 3.63) is 12.2 Å². The molecule has 1 heterocycles. The summed E-state index contributed by atoms with van der Waals surface area (Å²) in [4.78, 5) is 11.1. The van der Waals surface area contributed by atoms with Gasteiger partial charge in [0.25, 0.3) is 0 Å². The lowest BCUT2D eigenvalue weighted by molar-refractivity contribution is -0.140. The van der Waals surface area contributed by atoms with Gasteiger partial charge in [-0.3, -0.25) is 4.39 Å². The molecule has 13 heavy (non-hydrogen) atoms. The molecule has 1 aliphatic heterocycles. The Morgan fingerprint density at radius 2 is 2.38 bits per heavy atom. The second kappa shape index (κ2) is 2.54. The second-order valence-corrected chi connectivity index (χ2v) is 3.63. The highest BCUT2D eigenvalue weighted by molar-refractivity contribution is 5.93. The molecule has 0 aromatic rings. The van der Waals surface area contributed by atoms with E-state index in [1.807, 2.05) is 0 Å². The summed E-state index contributed by atoms with van der Waals surface area (Å²) in [7, 11) is 0. The molecule has 4 heteroatoms. The average Bonchev–Trinajstić information content (AvgIpc) is 2.52. The number of fused-ring (bicyclic) bond motifs is 1. The monoisotopic (exact) mass is 186 g/mol. The molecular formula is C9H11FO3. The summed E-state index contributed by atoms with van der Waals surface area (Å²) in [6.45, 7) is 2.82. The van der Waals surface area contributed by atoms with Gasteiger partial charge in [-0.15, -0.1) is 0 Å². The normalized spacial score (nSPS) is 43.5. The van der Waals surface area contributed by atoms with Crippen molar-refractivity contribution in [2.45, 2.75) is 24.5 Å². The standard InChI is InChI=1S/C9H11FO3/c1-5-8(11)13-7-3-2-6(4-10)9(5,7)12/h6-7,12H,1-4H2/t6-,7-,9-/m1/s1. The number of esters is 1. The Hall–Kier alpha value is -0.900. The van der Waals surface area contributed by atoms with Crippen molar-refractivity contribution < 1.29 is 19.0 Å². The van der Waals surface area contributed by atoms with Gasteiger partial charge in [0.15, 0.2) is 0 Å². The van der Waals surface area contributed by atoms with Crippen molar-refractivity contribution >= 4 is 5.97 Å². The van der Waals surface area contributed by atoms with Crippen molar-refractivity contribution in [3.8, 4) is 0 Å². The summed E-state index contributed by atoms with van der Waals surface area (Å²) in [5, 5.41) is 10.0. The van der Waals surface area contributed by atoms with Crippen LogP contribution in [0, 0.1) is 5.92 Å². The Kier molecular flexibility index (Phi) is 1.70. The number of aliphatic hydroxyl groups is 1. The van der Waals surface area contributed by atoms with Crippen LogP contribution in [-0.2, 0) is 9.53 Å². The Labute approximate surface area is 75.2 Å². The average molecular weight is 186 g/mol. The van der Waals surface area contributed by atoms with Gasteiger partial charge in [0.1, 0.15) is 11.7 Å². The topological polar surface area (TPSA) is 46.5 Å². The molecule has 0 radical (unpaired) electrons. The van der Waals surface area contributed by atoms with Crippen LogP contribution in [0.25, 0.3) is 0 Å². The molecule has 2 fully saturated rings. The fraction of sp³-hybridized carbons (Fsp3) is 0.667. The van der Waals surface area contributed by atoms with Crippen molar-refractivity contribution in [2.75, 3.05) is 6.67 Å². The van der Waals surface area contributed by atoms with Gasteiger partial charge < -0.3 is 9.84 Å². The molecule has 3 atom stereocenters. The largest absolute Gasteiger partial charge is 0.455 e. The molecule has 0 spiro atoms. The predicted molar refractivity (Wildman–Crippen MR) is 42.7 cm³/mol. The van der Waals surface area contributed by atoms with Crippen LogP contribution in [0.4, 0.5) is 4.39 Å². The fourth-order valence-corrected chi connectivity index (χ4v) is 2.20. The molecule has 1 saturated heterocycles. The Morgan fingerprint density at radius 3 is 3.00 bits per heavy atom. The van der Waals surface area contributed by atoms with E-state index in [-0.39, 0.29) is 5.57 Å². The van der Waals surface area contributed by atoms with Crippen LogP contribution in [-0.4, -0.2) is 29.5 Å². The molecule has 1 N–H and O–H groups in total. The highest BCUT2D eigenvalue weighted by Crippen LogP contribution is 2.47. The lowest BCUT2D eigenvalue weighted by atomic mass is 9.85. The van der Waals surface area contributed by atoms with Crippen molar-refractivity contribution in [2.24, 2.45) is 5.92 Å². The third kappa shape index (κ3) is 0.892. The van der Waals surface area contributed by atoms with Crippen LogP contribution in [0.2, 0.25) is 0 Å². The van der Waals surface area contributed by atoms with Gasteiger partial charge in [-0.1, -0.05) is 6.58 Å². The van der Waals surface area contributed by atoms with Crippen LogP contribution >= 0.6 is 0 Å². The van der Waals surface area contributed by atoms with Gasteiger partial charge in [-0.05, 0) is 12.8 Å². The quantitative estimate of drug-likeness (QED) is 0.481. The first-order chi connectivity index (χ1) is 6.10. The minimum absolute atomic E-state index is 0.0117. The van der Waals surface area contributed by atoms with E-state index in [1.165, 1.54) is 0 Å². The van der Waals surface area contributed by atoms with Gasteiger partial charge in [-0.25, -0.2) is 4.79 Å². The van der Waals surface area contributed by atoms with E-state index in [4.69, 9.17) is 4.74 Å². The van der Waals surface area contributed by atoms with E-state index in [0.29, 0.717) is 12.8 Å². The van der Waals surface area contributed by atoms with Crippen LogP contribution in [0.5, 0.6) is 0 Å². The Bertz CT molecular complexity index is 276. The van der Waals surface area contributed by atoms with Crippen LogP contribution in [0.1, 0.15) is 12.8 Å². The first-order valence-electron chi connectivity index (χ1n) is 4.29. The smallest absolute Gasteiger partial charge is 0.336 e. The molecule has 2 rings (SSSR count). The van der Waals surface area contributed by atoms with Gasteiger partial charge in [0, 0.05) is 5.92 Å². The van der Waals surface area contributed by atoms with E-state index >= 15 is 0 Å². The third-order valence-corrected chi connectivity index (χ3v) is 3.06. The lowest BCUT2D eigenvalue weighted by Gasteiger charge is -2.25. The minimum atomic E-state index is -1.44. The number of hydrogen-bond acceptors (Lipinski definition) is 3. The van der Waals surface area contributed by atoms with E-state index in [2.05, 4.69) is 6.58 Å². The highest BCUT2D eigenvalue weighted by Gasteiger charge is 2.59. The van der Waals surface area contributed by atoms with E-state index < -0.39 is 30.3 Å². The molecule has 3 nitrogen and oxygen atoms in total. The maximum absolute atomic E-state index is 12.5. The van der Waals surface area contributed by atoms with E-state index in [1.54, 1.807) is 0 Å². The number of rotatable bonds is 1. The zero-order chi connectivity index (χ0) is 9.64. The summed E-state index contributed by atoms with van der Waals surface area (Å²) < 4.78 is 17.4. The van der Waals surface area contributed by atoms with Crippen molar-refractivity contribution in [1.82, 2.24) is 0 Å². The van der Waals surface area contributed by atoms with Gasteiger partial charge in [-0.2, -0.15) is 0 Å². The van der Waals surface area contributed by atoms with Crippen LogP contribution < -0.4 is 0 Å². The first-order valence-corrected chi connectivity index (χ1v) is 4.29. The summed E-state index contributed by atoms with van der Waals surface area (Å²) >= 11 is 0.